The van der Waals surface area contributed by atoms with Gasteiger partial charge in [0.15, 0.2) is 6.10 Å². The van der Waals surface area contributed by atoms with Crippen LogP contribution in [0.15, 0.2) is 71.3 Å². The largest absolute Gasteiger partial charge is 0.480 e. The fourth-order valence-corrected chi connectivity index (χ4v) is 3.35. The van der Waals surface area contributed by atoms with Crippen molar-refractivity contribution in [1.29, 1.82) is 0 Å². The van der Waals surface area contributed by atoms with Crippen LogP contribution < -0.4 is 10.1 Å². The summed E-state index contributed by atoms with van der Waals surface area (Å²) in [6.45, 7) is 2.00. The third kappa shape index (κ3) is 4.28. The normalized spacial score (nSPS) is 11.9. The van der Waals surface area contributed by atoms with Gasteiger partial charge in [-0.05, 0) is 30.0 Å². The summed E-state index contributed by atoms with van der Waals surface area (Å²) in [7, 11) is 0. The monoisotopic (exact) mass is 421 g/mol. The van der Waals surface area contributed by atoms with Gasteiger partial charge in [0, 0.05) is 10.9 Å². The SMILES string of the molecule is CC[C@@H](Oc1cccc2ccccc12)C(=O)NCc1nc(-c2ccccc2Cl)no1. The summed E-state index contributed by atoms with van der Waals surface area (Å²) in [4.78, 5) is 17.0. The first-order valence-electron chi connectivity index (χ1n) is 9.65. The van der Waals surface area contributed by atoms with Crippen LogP contribution in [0.5, 0.6) is 5.75 Å². The maximum absolute atomic E-state index is 12.7. The smallest absolute Gasteiger partial charge is 0.261 e. The molecule has 0 saturated carbocycles. The zero-order valence-corrected chi connectivity index (χ0v) is 17.1. The fourth-order valence-electron chi connectivity index (χ4n) is 3.13. The van der Waals surface area contributed by atoms with E-state index < -0.39 is 6.10 Å². The van der Waals surface area contributed by atoms with E-state index in [1.165, 1.54) is 0 Å². The van der Waals surface area contributed by atoms with E-state index in [2.05, 4.69) is 15.5 Å². The van der Waals surface area contributed by atoms with Crippen LogP contribution in [0.2, 0.25) is 5.02 Å². The lowest BCUT2D eigenvalue weighted by Gasteiger charge is -2.18. The van der Waals surface area contributed by atoms with Gasteiger partial charge in [-0.2, -0.15) is 4.98 Å². The van der Waals surface area contributed by atoms with Crippen molar-refractivity contribution in [1.82, 2.24) is 15.5 Å². The van der Waals surface area contributed by atoms with Gasteiger partial charge in [-0.3, -0.25) is 4.79 Å². The minimum absolute atomic E-state index is 0.103. The number of nitrogens with zero attached hydrogens (tertiary/aromatic N) is 2. The van der Waals surface area contributed by atoms with Gasteiger partial charge >= 0.3 is 0 Å². The number of carbonyl (C=O) groups excluding carboxylic acids is 1. The standard InChI is InChI=1S/C23H20ClN3O3/c1-2-19(29-20-13-7-9-15-8-3-4-10-16(15)20)23(28)25-14-21-26-22(27-30-21)17-11-5-6-12-18(17)24/h3-13,19H,2,14H2,1H3,(H,25,28)/t19-/m1/s1. The van der Waals surface area contributed by atoms with Crippen LogP contribution in [0.4, 0.5) is 0 Å². The molecule has 1 N–H and O–H groups in total. The van der Waals surface area contributed by atoms with Gasteiger partial charge in [0.25, 0.3) is 5.91 Å². The number of benzene rings is 3. The van der Waals surface area contributed by atoms with E-state index in [1.54, 1.807) is 12.1 Å². The van der Waals surface area contributed by atoms with Gasteiger partial charge in [-0.15, -0.1) is 0 Å². The number of aromatic nitrogens is 2. The highest BCUT2D eigenvalue weighted by molar-refractivity contribution is 6.33. The lowest BCUT2D eigenvalue weighted by atomic mass is 10.1. The average molecular weight is 422 g/mol. The van der Waals surface area contributed by atoms with Crippen molar-refractivity contribution in [2.45, 2.75) is 26.0 Å². The number of halogens is 1. The second-order valence-corrected chi connectivity index (χ2v) is 7.11. The van der Waals surface area contributed by atoms with Crippen LogP contribution >= 0.6 is 11.6 Å². The van der Waals surface area contributed by atoms with Crippen LogP contribution in [0.3, 0.4) is 0 Å². The van der Waals surface area contributed by atoms with Crippen LogP contribution in [-0.2, 0) is 11.3 Å². The molecular formula is C23H20ClN3O3. The van der Waals surface area contributed by atoms with E-state index in [9.17, 15) is 4.79 Å². The number of hydrogen-bond acceptors (Lipinski definition) is 5. The lowest BCUT2D eigenvalue weighted by Crippen LogP contribution is -2.37. The molecule has 0 spiro atoms. The van der Waals surface area contributed by atoms with Crippen LogP contribution in [0.25, 0.3) is 22.2 Å². The van der Waals surface area contributed by atoms with Gasteiger partial charge in [-0.1, -0.05) is 72.2 Å². The molecule has 1 heterocycles. The summed E-state index contributed by atoms with van der Waals surface area (Å²) in [6, 6.07) is 20.9. The van der Waals surface area contributed by atoms with Crippen molar-refractivity contribution in [3.63, 3.8) is 0 Å². The third-order valence-electron chi connectivity index (χ3n) is 4.68. The quantitative estimate of drug-likeness (QED) is 0.453. The number of rotatable bonds is 7. The highest BCUT2D eigenvalue weighted by Gasteiger charge is 2.20. The van der Waals surface area contributed by atoms with E-state index in [-0.39, 0.29) is 12.5 Å². The van der Waals surface area contributed by atoms with E-state index in [4.69, 9.17) is 20.9 Å². The summed E-state index contributed by atoms with van der Waals surface area (Å²) >= 11 is 6.17. The molecule has 0 radical (unpaired) electrons. The Labute approximate surface area is 178 Å². The Morgan fingerprint density at radius 3 is 2.70 bits per heavy atom. The lowest BCUT2D eigenvalue weighted by molar-refractivity contribution is -0.128. The van der Waals surface area contributed by atoms with E-state index >= 15 is 0 Å². The summed E-state index contributed by atoms with van der Waals surface area (Å²) < 4.78 is 11.3. The first kappa shape index (κ1) is 19.9. The highest BCUT2D eigenvalue weighted by atomic mass is 35.5. The Morgan fingerprint density at radius 1 is 1.10 bits per heavy atom. The van der Waals surface area contributed by atoms with E-state index in [1.807, 2.05) is 61.5 Å². The molecule has 0 fully saturated rings. The van der Waals surface area contributed by atoms with Gasteiger partial charge < -0.3 is 14.6 Å². The molecule has 6 nitrogen and oxygen atoms in total. The zero-order chi connectivity index (χ0) is 20.9. The molecule has 0 bridgehead atoms. The number of hydrogen-bond donors (Lipinski definition) is 1. The van der Waals surface area contributed by atoms with Crippen molar-refractivity contribution < 1.29 is 14.1 Å². The average Bonchev–Trinajstić information content (AvgIpc) is 3.25. The Kier molecular flexibility index (Phi) is 5.95. The van der Waals surface area contributed by atoms with Gasteiger partial charge in [0.05, 0.1) is 11.6 Å². The van der Waals surface area contributed by atoms with Gasteiger partial charge in [0.2, 0.25) is 11.7 Å². The predicted molar refractivity (Wildman–Crippen MR) is 115 cm³/mol. The minimum atomic E-state index is -0.637. The molecule has 152 valence electrons. The molecule has 0 unspecified atom stereocenters. The Balaban J connectivity index is 1.42. The second-order valence-electron chi connectivity index (χ2n) is 6.70. The molecule has 0 saturated heterocycles. The molecule has 30 heavy (non-hydrogen) atoms. The topological polar surface area (TPSA) is 77.2 Å². The molecule has 1 amide bonds. The molecular weight excluding hydrogens is 402 g/mol. The molecule has 4 aromatic rings. The van der Waals surface area contributed by atoms with Crippen molar-refractivity contribution in [3.8, 4) is 17.1 Å². The Bertz CT molecular complexity index is 1170. The molecule has 4 rings (SSSR count). The van der Waals surface area contributed by atoms with E-state index in [0.717, 1.165) is 10.8 Å². The number of ether oxygens (including phenoxy) is 1. The number of nitrogens with one attached hydrogen (secondary N) is 1. The van der Waals surface area contributed by atoms with Crippen molar-refractivity contribution in [2.75, 3.05) is 0 Å². The predicted octanol–water partition coefficient (Wildman–Crippen LogP) is 5.02. The summed E-state index contributed by atoms with van der Waals surface area (Å²) in [5.74, 6) is 1.10. The fraction of sp³-hybridized carbons (Fsp3) is 0.174. The summed E-state index contributed by atoms with van der Waals surface area (Å²) in [6.07, 6.45) is -0.120. The molecule has 0 aliphatic heterocycles. The van der Waals surface area contributed by atoms with Crippen LogP contribution in [-0.4, -0.2) is 22.2 Å². The van der Waals surface area contributed by atoms with Crippen LogP contribution in [0.1, 0.15) is 19.2 Å². The molecule has 1 atom stereocenters. The molecule has 0 aliphatic carbocycles. The summed E-state index contributed by atoms with van der Waals surface area (Å²) in [5.41, 5.74) is 0.672. The highest BCUT2D eigenvalue weighted by Crippen LogP contribution is 2.27. The van der Waals surface area contributed by atoms with Crippen LogP contribution in [0, 0.1) is 0 Å². The second kappa shape index (κ2) is 8.97. The summed E-state index contributed by atoms with van der Waals surface area (Å²) in [5, 5.41) is 9.30. The molecule has 0 aliphatic rings. The zero-order valence-electron chi connectivity index (χ0n) is 16.3. The Morgan fingerprint density at radius 2 is 1.87 bits per heavy atom. The first-order chi connectivity index (χ1) is 14.7. The Hall–Kier alpha value is -3.38. The first-order valence-corrected chi connectivity index (χ1v) is 10.0. The molecule has 1 aromatic heterocycles. The molecule has 3 aromatic carbocycles. The van der Waals surface area contributed by atoms with E-state index in [0.29, 0.717) is 34.5 Å². The maximum Gasteiger partial charge on any atom is 0.261 e. The third-order valence-corrected chi connectivity index (χ3v) is 5.01. The number of fused-ring (bicyclic) bond motifs is 1. The number of carbonyl (C=O) groups is 1. The van der Waals surface area contributed by atoms with Gasteiger partial charge in [-0.25, -0.2) is 0 Å². The molecule has 7 heteroatoms. The van der Waals surface area contributed by atoms with Crippen molar-refractivity contribution in [2.24, 2.45) is 0 Å². The van der Waals surface area contributed by atoms with Gasteiger partial charge in [0.1, 0.15) is 5.75 Å². The van der Waals surface area contributed by atoms with Crippen molar-refractivity contribution in [3.05, 3.63) is 77.6 Å². The van der Waals surface area contributed by atoms with Crippen molar-refractivity contribution >= 4 is 28.3 Å². The number of amides is 1. The minimum Gasteiger partial charge on any atom is -0.480 e. The maximum atomic E-state index is 12.7.